The van der Waals surface area contributed by atoms with E-state index in [9.17, 15) is 9.59 Å². The lowest BCUT2D eigenvalue weighted by Gasteiger charge is -2.40. The van der Waals surface area contributed by atoms with Gasteiger partial charge in [0.15, 0.2) is 0 Å². The van der Waals surface area contributed by atoms with E-state index in [-0.39, 0.29) is 23.8 Å². The molecule has 0 radical (unpaired) electrons. The third-order valence-electron chi connectivity index (χ3n) is 7.04. The Morgan fingerprint density at radius 3 is 2.50 bits per heavy atom. The molecule has 1 aromatic carbocycles. The van der Waals surface area contributed by atoms with Crippen LogP contribution in [-0.2, 0) is 16.0 Å². The van der Waals surface area contributed by atoms with Gasteiger partial charge < -0.3 is 10.2 Å². The van der Waals surface area contributed by atoms with E-state index in [1.165, 1.54) is 6.42 Å². The van der Waals surface area contributed by atoms with E-state index in [4.69, 9.17) is 0 Å². The molecular weight excluding hydrogens is 398 g/mol. The van der Waals surface area contributed by atoms with Crippen LogP contribution in [0.4, 0.5) is 0 Å². The summed E-state index contributed by atoms with van der Waals surface area (Å²) in [7, 11) is 0. The Labute approximate surface area is 191 Å². The number of hydrogen-bond donors (Lipinski definition) is 1. The molecule has 0 bridgehead atoms. The van der Waals surface area contributed by atoms with Gasteiger partial charge in [0.2, 0.25) is 11.8 Å². The minimum Gasteiger partial charge on any atom is -0.352 e. The highest BCUT2D eigenvalue weighted by Crippen LogP contribution is 2.39. The number of nitrogens with zero attached hydrogens (tertiary/aromatic N) is 2. The van der Waals surface area contributed by atoms with Gasteiger partial charge in [0.05, 0.1) is 0 Å². The maximum absolute atomic E-state index is 13.7. The topological polar surface area (TPSA) is 62.3 Å². The first-order valence-electron chi connectivity index (χ1n) is 12.1. The van der Waals surface area contributed by atoms with Crippen LogP contribution >= 0.6 is 0 Å². The number of carbonyl (C=O) groups excluding carboxylic acids is 2. The lowest BCUT2D eigenvalue weighted by Crippen LogP contribution is -2.60. The fraction of sp³-hybridized carbons (Fsp3) is 0.519. The lowest BCUT2D eigenvalue weighted by molar-refractivity contribution is -0.149. The van der Waals surface area contributed by atoms with Crippen molar-refractivity contribution in [2.75, 3.05) is 6.54 Å². The van der Waals surface area contributed by atoms with Gasteiger partial charge in [-0.3, -0.25) is 14.6 Å². The minimum absolute atomic E-state index is 0.0151. The van der Waals surface area contributed by atoms with Crippen LogP contribution in [0.1, 0.15) is 64.4 Å². The molecule has 4 rings (SSSR count). The molecule has 170 valence electrons. The summed E-state index contributed by atoms with van der Waals surface area (Å²) in [5.74, 6) is 0.227. The maximum Gasteiger partial charge on any atom is 0.246 e. The number of hydrogen-bond acceptors (Lipinski definition) is 3. The third kappa shape index (κ3) is 4.57. The van der Waals surface area contributed by atoms with E-state index in [1.807, 2.05) is 43.0 Å². The highest BCUT2D eigenvalue weighted by atomic mass is 16.2. The highest BCUT2D eigenvalue weighted by Gasteiger charge is 2.51. The monoisotopic (exact) mass is 433 g/mol. The molecule has 0 spiro atoms. The van der Waals surface area contributed by atoms with Crippen molar-refractivity contribution in [1.82, 2.24) is 15.2 Å². The number of benzene rings is 1. The standard InChI is InChI=1S/C27H35N3O2/c1-20(2)29-26(32)27(15-8-18-30(27)25(31)22-9-4-3-5-10-22)19-23-11-6-7-12-24(23)21-13-16-28-17-14-21/h6-7,11-14,16-17,20,22H,3-5,8-10,15,18-19H2,1-2H3,(H,29,32). The summed E-state index contributed by atoms with van der Waals surface area (Å²) >= 11 is 0. The van der Waals surface area contributed by atoms with Crippen molar-refractivity contribution >= 4 is 11.8 Å². The molecule has 2 amide bonds. The van der Waals surface area contributed by atoms with Crippen LogP contribution in [0.2, 0.25) is 0 Å². The number of pyridine rings is 1. The van der Waals surface area contributed by atoms with Gasteiger partial charge in [-0.1, -0.05) is 43.5 Å². The number of nitrogens with one attached hydrogen (secondary N) is 1. The Kier molecular flexibility index (Phi) is 6.92. The predicted octanol–water partition coefficient (Wildman–Crippen LogP) is 4.76. The fourth-order valence-corrected chi connectivity index (χ4v) is 5.47. The second kappa shape index (κ2) is 9.85. The van der Waals surface area contributed by atoms with Crippen molar-refractivity contribution in [3.8, 4) is 11.1 Å². The van der Waals surface area contributed by atoms with Gasteiger partial charge in [0, 0.05) is 37.3 Å². The van der Waals surface area contributed by atoms with Gasteiger partial charge in [0.1, 0.15) is 5.54 Å². The molecule has 1 aromatic heterocycles. The molecule has 2 fully saturated rings. The Morgan fingerprint density at radius 1 is 1.06 bits per heavy atom. The van der Waals surface area contributed by atoms with Crippen LogP contribution in [0.5, 0.6) is 0 Å². The van der Waals surface area contributed by atoms with Crippen molar-refractivity contribution in [1.29, 1.82) is 0 Å². The number of amides is 2. The first-order valence-corrected chi connectivity index (χ1v) is 12.1. The van der Waals surface area contributed by atoms with E-state index in [0.29, 0.717) is 19.4 Å². The van der Waals surface area contributed by atoms with Gasteiger partial charge in [-0.25, -0.2) is 0 Å². The molecule has 1 aliphatic carbocycles. The number of aromatic nitrogens is 1. The normalized spacial score (nSPS) is 21.7. The van der Waals surface area contributed by atoms with Crippen LogP contribution in [0.15, 0.2) is 48.8 Å². The Hall–Kier alpha value is -2.69. The first-order chi connectivity index (χ1) is 15.5. The summed E-state index contributed by atoms with van der Waals surface area (Å²) < 4.78 is 0. The molecule has 5 nitrogen and oxygen atoms in total. The van der Waals surface area contributed by atoms with Crippen LogP contribution in [0.3, 0.4) is 0 Å². The van der Waals surface area contributed by atoms with Gasteiger partial charge in [0.25, 0.3) is 0 Å². The summed E-state index contributed by atoms with van der Waals surface area (Å²) in [5, 5.41) is 3.15. The highest BCUT2D eigenvalue weighted by molar-refractivity contribution is 5.93. The molecular formula is C27H35N3O2. The van der Waals surface area contributed by atoms with E-state index in [2.05, 4.69) is 22.4 Å². The van der Waals surface area contributed by atoms with E-state index in [1.54, 1.807) is 12.4 Å². The SMILES string of the molecule is CC(C)NC(=O)C1(Cc2ccccc2-c2ccncc2)CCCN1C(=O)C1CCCCC1. The molecule has 1 saturated carbocycles. The van der Waals surface area contributed by atoms with Crippen LogP contribution in [-0.4, -0.2) is 39.8 Å². The first kappa shape index (κ1) is 22.5. The number of likely N-dealkylation sites (tertiary alicyclic amines) is 1. The predicted molar refractivity (Wildman–Crippen MR) is 127 cm³/mol. The van der Waals surface area contributed by atoms with Crippen molar-refractivity contribution in [3.05, 3.63) is 54.4 Å². The van der Waals surface area contributed by atoms with Gasteiger partial charge in [-0.2, -0.15) is 0 Å². The summed E-state index contributed by atoms with van der Waals surface area (Å²) in [4.78, 5) is 33.5. The average molecular weight is 434 g/mol. The summed E-state index contributed by atoms with van der Waals surface area (Å²) in [6.07, 6.45) is 11.0. The van der Waals surface area contributed by atoms with Crippen LogP contribution < -0.4 is 5.32 Å². The molecule has 1 atom stereocenters. The fourth-order valence-electron chi connectivity index (χ4n) is 5.47. The third-order valence-corrected chi connectivity index (χ3v) is 7.04. The molecule has 32 heavy (non-hydrogen) atoms. The largest absolute Gasteiger partial charge is 0.352 e. The quantitative estimate of drug-likeness (QED) is 0.715. The Balaban J connectivity index is 1.72. The van der Waals surface area contributed by atoms with Crippen LogP contribution in [0.25, 0.3) is 11.1 Å². The summed E-state index contributed by atoms with van der Waals surface area (Å²) in [6, 6.07) is 12.3. The van der Waals surface area contributed by atoms with E-state index < -0.39 is 5.54 Å². The second-order valence-electron chi connectivity index (χ2n) is 9.66. The molecule has 1 N–H and O–H groups in total. The van der Waals surface area contributed by atoms with Crippen molar-refractivity contribution in [2.45, 2.75) is 76.8 Å². The number of rotatable bonds is 6. The van der Waals surface area contributed by atoms with Crippen LogP contribution in [0, 0.1) is 5.92 Å². The lowest BCUT2D eigenvalue weighted by atomic mass is 9.82. The Morgan fingerprint density at radius 2 is 1.78 bits per heavy atom. The van der Waals surface area contributed by atoms with Crippen molar-refractivity contribution in [3.63, 3.8) is 0 Å². The van der Waals surface area contributed by atoms with E-state index >= 15 is 0 Å². The molecule has 2 aliphatic rings. The maximum atomic E-state index is 13.7. The Bertz CT molecular complexity index is 937. The molecule has 2 heterocycles. The average Bonchev–Trinajstić information content (AvgIpc) is 3.24. The minimum atomic E-state index is -0.831. The van der Waals surface area contributed by atoms with Gasteiger partial charge >= 0.3 is 0 Å². The molecule has 1 unspecified atom stereocenters. The van der Waals surface area contributed by atoms with Crippen molar-refractivity contribution in [2.24, 2.45) is 5.92 Å². The zero-order chi connectivity index (χ0) is 22.6. The van der Waals surface area contributed by atoms with E-state index in [0.717, 1.165) is 48.8 Å². The molecule has 5 heteroatoms. The smallest absolute Gasteiger partial charge is 0.246 e. The summed E-state index contributed by atoms with van der Waals surface area (Å²) in [6.45, 7) is 4.63. The van der Waals surface area contributed by atoms with Gasteiger partial charge in [-0.15, -0.1) is 0 Å². The molecule has 2 aromatic rings. The summed E-state index contributed by atoms with van der Waals surface area (Å²) in [5.41, 5.74) is 2.45. The molecule has 1 aliphatic heterocycles. The number of carbonyl (C=O) groups is 2. The second-order valence-corrected chi connectivity index (χ2v) is 9.66. The van der Waals surface area contributed by atoms with Crippen molar-refractivity contribution < 1.29 is 9.59 Å². The molecule has 1 saturated heterocycles. The zero-order valence-electron chi connectivity index (χ0n) is 19.3. The van der Waals surface area contributed by atoms with Gasteiger partial charge in [-0.05, 0) is 68.4 Å². The zero-order valence-corrected chi connectivity index (χ0v) is 19.3.